The van der Waals surface area contributed by atoms with Gasteiger partial charge in [-0.1, -0.05) is 0 Å². The van der Waals surface area contributed by atoms with Crippen molar-refractivity contribution < 1.29 is 14.3 Å². The van der Waals surface area contributed by atoms with Gasteiger partial charge in [0.15, 0.2) is 6.61 Å². The van der Waals surface area contributed by atoms with Gasteiger partial charge in [0, 0.05) is 31.4 Å². The molecular weight excluding hydrogens is 318 g/mol. The van der Waals surface area contributed by atoms with E-state index >= 15 is 0 Å². The summed E-state index contributed by atoms with van der Waals surface area (Å²) in [7, 11) is 1.72. The van der Waals surface area contributed by atoms with Gasteiger partial charge in [0.2, 0.25) is 0 Å². The molecule has 0 spiro atoms. The van der Waals surface area contributed by atoms with Crippen LogP contribution in [0, 0.1) is 0 Å². The highest BCUT2D eigenvalue weighted by Gasteiger charge is 2.23. The molecule has 0 bridgehead atoms. The Morgan fingerprint density at radius 2 is 1.96 bits per heavy atom. The van der Waals surface area contributed by atoms with Crippen molar-refractivity contribution in [1.29, 1.82) is 0 Å². The molecule has 1 atom stereocenters. The minimum Gasteiger partial charge on any atom is -0.484 e. The van der Waals surface area contributed by atoms with E-state index in [4.69, 9.17) is 4.74 Å². The summed E-state index contributed by atoms with van der Waals surface area (Å²) in [6.45, 7) is 6.79. The summed E-state index contributed by atoms with van der Waals surface area (Å²) in [6, 6.07) is 7.40. The van der Waals surface area contributed by atoms with Crippen molar-refractivity contribution in [2.24, 2.45) is 0 Å². The molecule has 0 unspecified atom stereocenters. The SMILES string of the molecule is CC(C)NC(=O)N(C)c1ccc(OCC(=O)N2CCCC[C@H]2C)cc1. The van der Waals surface area contributed by atoms with Gasteiger partial charge in [0.1, 0.15) is 5.75 Å². The Morgan fingerprint density at radius 1 is 1.28 bits per heavy atom. The van der Waals surface area contributed by atoms with Gasteiger partial charge in [-0.25, -0.2) is 4.79 Å². The van der Waals surface area contributed by atoms with Gasteiger partial charge >= 0.3 is 6.03 Å². The van der Waals surface area contributed by atoms with Gasteiger partial charge in [-0.05, 0) is 64.3 Å². The Balaban J connectivity index is 1.87. The highest BCUT2D eigenvalue weighted by atomic mass is 16.5. The summed E-state index contributed by atoms with van der Waals surface area (Å²) in [5.74, 6) is 0.657. The largest absolute Gasteiger partial charge is 0.484 e. The van der Waals surface area contributed by atoms with Crippen LogP contribution in [0.5, 0.6) is 5.75 Å². The van der Waals surface area contributed by atoms with E-state index in [1.54, 1.807) is 24.1 Å². The molecular formula is C19H29N3O3. The van der Waals surface area contributed by atoms with Crippen molar-refractivity contribution in [3.8, 4) is 5.75 Å². The van der Waals surface area contributed by atoms with Crippen LogP contribution in [0.4, 0.5) is 10.5 Å². The summed E-state index contributed by atoms with van der Waals surface area (Å²) in [4.78, 5) is 27.7. The lowest BCUT2D eigenvalue weighted by Crippen LogP contribution is -2.44. The Hall–Kier alpha value is -2.24. The first-order chi connectivity index (χ1) is 11.9. The molecule has 0 radical (unpaired) electrons. The second-order valence-corrected chi connectivity index (χ2v) is 6.88. The molecule has 1 heterocycles. The van der Waals surface area contributed by atoms with Crippen LogP contribution in [0.1, 0.15) is 40.0 Å². The van der Waals surface area contributed by atoms with Crippen molar-refractivity contribution in [2.45, 2.75) is 52.1 Å². The summed E-state index contributed by atoms with van der Waals surface area (Å²) in [6.07, 6.45) is 3.31. The molecule has 6 heteroatoms. The van der Waals surface area contributed by atoms with Crippen LogP contribution in [-0.4, -0.2) is 49.1 Å². The summed E-state index contributed by atoms with van der Waals surface area (Å²) < 4.78 is 5.62. The second kappa shape index (κ2) is 8.74. The van der Waals surface area contributed by atoms with Crippen molar-refractivity contribution in [3.63, 3.8) is 0 Å². The molecule has 1 saturated heterocycles. The van der Waals surface area contributed by atoms with Crippen LogP contribution < -0.4 is 15.0 Å². The van der Waals surface area contributed by atoms with Gasteiger partial charge in [-0.15, -0.1) is 0 Å². The van der Waals surface area contributed by atoms with Crippen molar-refractivity contribution in [3.05, 3.63) is 24.3 Å². The third-order valence-electron chi connectivity index (χ3n) is 4.43. The van der Waals surface area contributed by atoms with Gasteiger partial charge in [0.25, 0.3) is 5.91 Å². The van der Waals surface area contributed by atoms with E-state index in [9.17, 15) is 9.59 Å². The number of nitrogens with zero attached hydrogens (tertiary/aromatic N) is 2. The van der Waals surface area contributed by atoms with Crippen molar-refractivity contribution in [1.82, 2.24) is 10.2 Å². The van der Waals surface area contributed by atoms with Gasteiger partial charge in [-0.3, -0.25) is 9.69 Å². The summed E-state index contributed by atoms with van der Waals surface area (Å²) in [5, 5.41) is 2.84. The Kier molecular flexibility index (Phi) is 6.67. The number of ether oxygens (including phenoxy) is 1. The number of hydrogen-bond donors (Lipinski definition) is 1. The number of nitrogens with one attached hydrogen (secondary N) is 1. The fourth-order valence-corrected chi connectivity index (χ4v) is 2.92. The van der Waals surface area contributed by atoms with E-state index < -0.39 is 0 Å². The Morgan fingerprint density at radius 3 is 2.56 bits per heavy atom. The van der Waals surface area contributed by atoms with Gasteiger partial charge in [-0.2, -0.15) is 0 Å². The van der Waals surface area contributed by atoms with E-state index in [0.29, 0.717) is 11.8 Å². The molecule has 1 aromatic rings. The molecule has 25 heavy (non-hydrogen) atoms. The number of carbonyl (C=O) groups excluding carboxylic acids is 2. The highest BCUT2D eigenvalue weighted by molar-refractivity contribution is 5.91. The van der Waals surface area contributed by atoms with E-state index in [1.165, 1.54) is 6.42 Å². The predicted molar refractivity (Wildman–Crippen MR) is 99.0 cm³/mol. The lowest BCUT2D eigenvalue weighted by molar-refractivity contribution is -0.136. The number of hydrogen-bond acceptors (Lipinski definition) is 3. The van der Waals surface area contributed by atoms with Crippen LogP contribution in [0.2, 0.25) is 0 Å². The van der Waals surface area contributed by atoms with Crippen LogP contribution in [0.3, 0.4) is 0 Å². The first-order valence-corrected chi connectivity index (χ1v) is 8.95. The molecule has 3 amide bonds. The van der Waals surface area contributed by atoms with Crippen LogP contribution in [-0.2, 0) is 4.79 Å². The third-order valence-corrected chi connectivity index (χ3v) is 4.43. The van der Waals surface area contributed by atoms with E-state index in [1.807, 2.05) is 30.9 Å². The molecule has 0 aliphatic carbocycles. The maximum atomic E-state index is 12.3. The standard InChI is InChI=1S/C19H29N3O3/c1-14(2)20-19(24)21(4)16-8-10-17(11-9-16)25-13-18(23)22-12-6-5-7-15(22)3/h8-11,14-15H,5-7,12-13H2,1-4H3,(H,20,24)/t15-/m1/s1. The number of likely N-dealkylation sites (tertiary alicyclic amines) is 1. The fraction of sp³-hybridized carbons (Fsp3) is 0.579. The van der Waals surface area contributed by atoms with E-state index in [-0.39, 0.29) is 24.6 Å². The summed E-state index contributed by atoms with van der Waals surface area (Å²) in [5.41, 5.74) is 0.765. The maximum Gasteiger partial charge on any atom is 0.321 e. The average molecular weight is 347 g/mol. The smallest absolute Gasteiger partial charge is 0.321 e. The number of carbonyl (C=O) groups is 2. The zero-order chi connectivity index (χ0) is 18.4. The third kappa shape index (κ3) is 5.37. The number of urea groups is 1. The van der Waals surface area contributed by atoms with Crippen molar-refractivity contribution in [2.75, 3.05) is 25.1 Å². The van der Waals surface area contributed by atoms with E-state index in [2.05, 4.69) is 12.2 Å². The number of benzene rings is 1. The van der Waals surface area contributed by atoms with E-state index in [0.717, 1.165) is 25.1 Å². The van der Waals surface area contributed by atoms with Gasteiger partial charge in [0.05, 0.1) is 0 Å². The molecule has 1 N–H and O–H groups in total. The number of anilines is 1. The minimum atomic E-state index is -0.155. The Labute approximate surface area is 150 Å². The lowest BCUT2D eigenvalue weighted by Gasteiger charge is -2.33. The average Bonchev–Trinajstić information content (AvgIpc) is 2.59. The molecule has 2 rings (SSSR count). The lowest BCUT2D eigenvalue weighted by atomic mass is 10.0. The molecule has 138 valence electrons. The Bertz CT molecular complexity index is 586. The molecule has 1 aliphatic heterocycles. The molecule has 1 aliphatic rings. The highest BCUT2D eigenvalue weighted by Crippen LogP contribution is 2.20. The van der Waals surface area contributed by atoms with Crippen LogP contribution >= 0.6 is 0 Å². The molecule has 0 saturated carbocycles. The number of rotatable bonds is 5. The summed E-state index contributed by atoms with van der Waals surface area (Å²) >= 11 is 0. The van der Waals surface area contributed by atoms with Crippen LogP contribution in [0.15, 0.2) is 24.3 Å². The quantitative estimate of drug-likeness (QED) is 0.890. The molecule has 1 fully saturated rings. The second-order valence-electron chi connectivity index (χ2n) is 6.88. The minimum absolute atomic E-state index is 0.0321. The van der Waals surface area contributed by atoms with Crippen LogP contribution in [0.25, 0.3) is 0 Å². The first-order valence-electron chi connectivity index (χ1n) is 8.95. The number of piperidine rings is 1. The zero-order valence-electron chi connectivity index (χ0n) is 15.6. The number of amides is 3. The normalized spacial score (nSPS) is 17.3. The molecule has 0 aromatic heterocycles. The fourth-order valence-electron chi connectivity index (χ4n) is 2.92. The van der Waals surface area contributed by atoms with Gasteiger partial charge < -0.3 is 15.0 Å². The topological polar surface area (TPSA) is 61.9 Å². The maximum absolute atomic E-state index is 12.3. The predicted octanol–water partition coefficient (Wildman–Crippen LogP) is 3.02. The zero-order valence-corrected chi connectivity index (χ0v) is 15.6. The molecule has 1 aromatic carbocycles. The first kappa shape index (κ1) is 19.1. The van der Waals surface area contributed by atoms with Crippen molar-refractivity contribution >= 4 is 17.6 Å². The molecule has 6 nitrogen and oxygen atoms in total. The monoisotopic (exact) mass is 347 g/mol.